The maximum atomic E-state index is 10.9. The van der Waals surface area contributed by atoms with Crippen molar-refractivity contribution < 1.29 is 19.4 Å². The first-order valence-electron chi connectivity index (χ1n) is 5.88. The van der Waals surface area contributed by atoms with Crippen molar-refractivity contribution in [3.63, 3.8) is 0 Å². The summed E-state index contributed by atoms with van der Waals surface area (Å²) in [7, 11) is 1.57. The number of carboxylic acid groups (broad SMARTS) is 1. The third-order valence-corrected chi connectivity index (χ3v) is 3.19. The summed E-state index contributed by atoms with van der Waals surface area (Å²) in [6.07, 6.45) is 0. The number of hydrogen-bond donors (Lipinski definition) is 1. The molecule has 0 amide bonds. The van der Waals surface area contributed by atoms with Gasteiger partial charge in [0.05, 0.1) is 12.7 Å². The second-order valence-electron chi connectivity index (χ2n) is 4.09. The van der Waals surface area contributed by atoms with E-state index in [1.807, 2.05) is 18.2 Å². The number of benzene rings is 2. The van der Waals surface area contributed by atoms with Crippen LogP contribution in [-0.4, -0.2) is 18.2 Å². The molecule has 4 nitrogen and oxygen atoms in total. The number of rotatable bonds is 5. The van der Waals surface area contributed by atoms with Gasteiger partial charge in [-0.3, -0.25) is 0 Å². The van der Waals surface area contributed by atoms with Crippen molar-refractivity contribution in [3.05, 3.63) is 58.1 Å². The molecule has 0 fully saturated rings. The van der Waals surface area contributed by atoms with Crippen LogP contribution in [0.4, 0.5) is 0 Å². The number of methoxy groups -OCH3 is 1. The summed E-state index contributed by atoms with van der Waals surface area (Å²) in [6, 6.07) is 12.1. The molecule has 0 saturated carbocycles. The molecule has 2 aromatic carbocycles. The second-order valence-corrected chi connectivity index (χ2v) is 5.01. The van der Waals surface area contributed by atoms with E-state index < -0.39 is 5.97 Å². The molecule has 0 aromatic heterocycles. The predicted octanol–water partition coefficient (Wildman–Crippen LogP) is 3.73. The molecule has 2 rings (SSSR count). The topological polar surface area (TPSA) is 55.8 Å². The van der Waals surface area contributed by atoms with Crippen LogP contribution in [0.5, 0.6) is 11.5 Å². The zero-order valence-corrected chi connectivity index (χ0v) is 12.4. The maximum Gasteiger partial charge on any atom is 0.335 e. The summed E-state index contributed by atoms with van der Waals surface area (Å²) >= 11 is 3.36. The summed E-state index contributed by atoms with van der Waals surface area (Å²) in [5.41, 5.74) is 1.03. The number of ether oxygens (including phenoxy) is 2. The quantitative estimate of drug-likeness (QED) is 0.903. The van der Waals surface area contributed by atoms with Crippen molar-refractivity contribution in [3.8, 4) is 11.5 Å². The molecule has 0 spiro atoms. The van der Waals surface area contributed by atoms with E-state index in [-0.39, 0.29) is 12.2 Å². The SMILES string of the molecule is COc1cc(Br)ccc1OCc1cccc(C(=O)O)c1. The lowest BCUT2D eigenvalue weighted by atomic mass is 10.1. The van der Waals surface area contributed by atoms with E-state index in [0.29, 0.717) is 11.5 Å². The first kappa shape index (κ1) is 14.4. The van der Waals surface area contributed by atoms with Crippen molar-refractivity contribution in [2.24, 2.45) is 0 Å². The standard InChI is InChI=1S/C15H13BrO4/c1-19-14-8-12(16)5-6-13(14)20-9-10-3-2-4-11(7-10)15(17)18/h2-8H,9H2,1H3,(H,17,18). The summed E-state index contributed by atoms with van der Waals surface area (Å²) in [5.74, 6) is 0.276. The van der Waals surface area contributed by atoms with Gasteiger partial charge in [-0.1, -0.05) is 28.1 Å². The molecule has 104 valence electrons. The second kappa shape index (κ2) is 6.43. The van der Waals surface area contributed by atoms with Gasteiger partial charge in [-0.2, -0.15) is 0 Å². The van der Waals surface area contributed by atoms with E-state index in [1.54, 1.807) is 31.4 Å². The van der Waals surface area contributed by atoms with Gasteiger partial charge in [0.2, 0.25) is 0 Å². The zero-order chi connectivity index (χ0) is 14.5. The normalized spacial score (nSPS) is 10.1. The first-order valence-corrected chi connectivity index (χ1v) is 6.68. The van der Waals surface area contributed by atoms with Gasteiger partial charge in [0.15, 0.2) is 11.5 Å². The highest BCUT2D eigenvalue weighted by molar-refractivity contribution is 9.10. The molecule has 0 aliphatic carbocycles. The lowest BCUT2D eigenvalue weighted by molar-refractivity contribution is 0.0696. The van der Waals surface area contributed by atoms with Gasteiger partial charge in [0.1, 0.15) is 6.61 Å². The highest BCUT2D eigenvalue weighted by Gasteiger charge is 2.07. The van der Waals surface area contributed by atoms with Crippen molar-refractivity contribution in [2.45, 2.75) is 6.61 Å². The van der Waals surface area contributed by atoms with Crippen molar-refractivity contribution in [1.82, 2.24) is 0 Å². The highest BCUT2D eigenvalue weighted by atomic mass is 79.9. The molecule has 0 saturated heterocycles. The molecule has 0 aliphatic rings. The summed E-state index contributed by atoms with van der Waals surface area (Å²) in [6.45, 7) is 0.277. The van der Waals surface area contributed by atoms with E-state index in [4.69, 9.17) is 14.6 Å². The van der Waals surface area contributed by atoms with Crippen LogP contribution in [0.15, 0.2) is 46.9 Å². The molecule has 5 heteroatoms. The van der Waals surface area contributed by atoms with Crippen LogP contribution in [0.25, 0.3) is 0 Å². The summed E-state index contributed by atoms with van der Waals surface area (Å²) < 4.78 is 11.8. The molecule has 0 aliphatic heterocycles. The molecule has 0 heterocycles. The third kappa shape index (κ3) is 3.51. The Hall–Kier alpha value is -2.01. The Morgan fingerprint density at radius 2 is 2.00 bits per heavy atom. The van der Waals surface area contributed by atoms with Crippen LogP contribution in [-0.2, 0) is 6.61 Å². The van der Waals surface area contributed by atoms with Gasteiger partial charge in [-0.15, -0.1) is 0 Å². The fourth-order valence-electron chi connectivity index (χ4n) is 1.72. The van der Waals surface area contributed by atoms with Crippen LogP contribution >= 0.6 is 15.9 Å². The van der Waals surface area contributed by atoms with Gasteiger partial charge in [-0.05, 0) is 35.9 Å². The van der Waals surface area contributed by atoms with E-state index in [2.05, 4.69) is 15.9 Å². The lowest BCUT2D eigenvalue weighted by Crippen LogP contribution is -2.01. The Balaban J connectivity index is 2.12. The smallest absolute Gasteiger partial charge is 0.335 e. The minimum absolute atomic E-state index is 0.244. The summed E-state index contributed by atoms with van der Waals surface area (Å²) in [4.78, 5) is 10.9. The van der Waals surface area contributed by atoms with Crippen LogP contribution in [0.1, 0.15) is 15.9 Å². The third-order valence-electron chi connectivity index (χ3n) is 2.69. The van der Waals surface area contributed by atoms with Crippen molar-refractivity contribution in [2.75, 3.05) is 7.11 Å². The van der Waals surface area contributed by atoms with E-state index in [9.17, 15) is 4.79 Å². The van der Waals surface area contributed by atoms with Gasteiger partial charge in [-0.25, -0.2) is 4.79 Å². The van der Waals surface area contributed by atoms with Crippen LogP contribution < -0.4 is 9.47 Å². The number of aromatic carboxylic acids is 1. The van der Waals surface area contributed by atoms with Gasteiger partial charge < -0.3 is 14.6 Å². The molecule has 0 unspecified atom stereocenters. The minimum Gasteiger partial charge on any atom is -0.493 e. The number of hydrogen-bond acceptors (Lipinski definition) is 3. The predicted molar refractivity (Wildman–Crippen MR) is 78.4 cm³/mol. The van der Waals surface area contributed by atoms with Crippen LogP contribution in [0.2, 0.25) is 0 Å². The largest absolute Gasteiger partial charge is 0.493 e. The van der Waals surface area contributed by atoms with E-state index in [0.717, 1.165) is 10.0 Å². The fourth-order valence-corrected chi connectivity index (χ4v) is 2.06. The minimum atomic E-state index is -0.951. The Labute approximate surface area is 125 Å². The van der Waals surface area contributed by atoms with E-state index in [1.165, 1.54) is 0 Å². The molecule has 1 N–H and O–H groups in total. The van der Waals surface area contributed by atoms with Crippen molar-refractivity contribution in [1.29, 1.82) is 0 Å². The molecular weight excluding hydrogens is 324 g/mol. The Bertz CT molecular complexity index is 625. The monoisotopic (exact) mass is 336 g/mol. The Kier molecular flexibility index (Phi) is 4.63. The number of carbonyl (C=O) groups is 1. The molecule has 0 radical (unpaired) electrons. The molecule has 0 atom stereocenters. The maximum absolute atomic E-state index is 10.9. The van der Waals surface area contributed by atoms with E-state index >= 15 is 0 Å². The van der Waals surface area contributed by atoms with Crippen LogP contribution in [0, 0.1) is 0 Å². The van der Waals surface area contributed by atoms with Crippen molar-refractivity contribution >= 4 is 21.9 Å². The number of halogens is 1. The Morgan fingerprint density at radius 3 is 2.70 bits per heavy atom. The molecule has 20 heavy (non-hydrogen) atoms. The highest BCUT2D eigenvalue weighted by Crippen LogP contribution is 2.30. The first-order chi connectivity index (χ1) is 9.60. The average Bonchev–Trinajstić information content (AvgIpc) is 2.46. The van der Waals surface area contributed by atoms with Crippen LogP contribution in [0.3, 0.4) is 0 Å². The van der Waals surface area contributed by atoms with Gasteiger partial charge in [0.25, 0.3) is 0 Å². The summed E-state index contributed by atoms with van der Waals surface area (Å²) in [5, 5.41) is 8.94. The molecule has 2 aromatic rings. The fraction of sp³-hybridized carbons (Fsp3) is 0.133. The van der Waals surface area contributed by atoms with Gasteiger partial charge in [0, 0.05) is 4.47 Å². The number of carboxylic acids is 1. The molecular formula is C15H13BrO4. The Morgan fingerprint density at radius 1 is 1.20 bits per heavy atom. The average molecular weight is 337 g/mol. The zero-order valence-electron chi connectivity index (χ0n) is 10.8. The van der Waals surface area contributed by atoms with Gasteiger partial charge >= 0.3 is 5.97 Å². The molecule has 0 bridgehead atoms. The lowest BCUT2D eigenvalue weighted by Gasteiger charge is -2.11.